The average Bonchev–Trinajstić information content (AvgIpc) is 3.26. The van der Waals surface area contributed by atoms with Crippen molar-refractivity contribution in [2.45, 2.75) is 197 Å². The Hall–Kier alpha value is -3.79. The Morgan fingerprint density at radius 1 is 0.359 bits per heavy atom. The first kappa shape index (κ1) is 60.2. The zero-order chi connectivity index (χ0) is 48.1. The molecule has 0 aliphatic heterocycles. The van der Waals surface area contributed by atoms with Crippen molar-refractivity contribution in [3.63, 3.8) is 0 Å². The molecule has 0 saturated carbocycles. The maximum atomic E-state index is 13.6. The van der Waals surface area contributed by atoms with Crippen molar-refractivity contribution in [2.24, 2.45) is 40.1 Å². The van der Waals surface area contributed by atoms with E-state index in [-0.39, 0.29) is 42.9 Å². The molecule has 0 bridgehead atoms. The molecule has 0 saturated heterocycles. The van der Waals surface area contributed by atoms with Crippen LogP contribution in [0, 0.1) is 0 Å². The summed E-state index contributed by atoms with van der Waals surface area (Å²) in [7, 11) is 0. The molecule has 0 aromatic carbocycles. The zero-order valence-corrected chi connectivity index (χ0v) is 39.2. The van der Waals surface area contributed by atoms with Gasteiger partial charge in [-0.05, 0) is 129 Å². The van der Waals surface area contributed by atoms with E-state index >= 15 is 0 Å². The molecule has 20 heteroatoms. The Bertz CT molecular complexity index is 1330. The van der Waals surface area contributed by atoms with Crippen molar-refractivity contribution in [2.75, 3.05) is 39.3 Å². The predicted octanol–water partition coefficient (Wildman–Crippen LogP) is -0.834. The summed E-state index contributed by atoms with van der Waals surface area (Å²) in [4.78, 5) is 90.4. The highest BCUT2D eigenvalue weighted by Gasteiger charge is 2.27. The largest absolute Gasteiger partial charge is 0.355 e. The molecule has 0 aliphatic rings. The number of carbonyl (C=O) groups excluding carboxylic acids is 7. The summed E-state index contributed by atoms with van der Waals surface area (Å²) < 4.78 is 0. The van der Waals surface area contributed by atoms with Crippen LogP contribution in [0.2, 0.25) is 0 Å². The number of hydrogen-bond acceptors (Lipinski definition) is 14. The SMILES string of the molecule is CCCCCC(N)C(=O)NC(CCCCNC(=O)C(N)CCCCN)C(=O)NC(CCCCNC(=O)C(CCCCNC(=O)C(N)CCCCN)NC(=O)C(N)CCCCN)C(C)=O. The highest BCUT2D eigenvalue weighted by molar-refractivity contribution is 5.93. The van der Waals surface area contributed by atoms with Crippen molar-refractivity contribution in [3.05, 3.63) is 0 Å². The third-order valence-corrected chi connectivity index (χ3v) is 11.1. The number of carbonyl (C=O) groups is 7. The molecule has 7 atom stereocenters. The number of Topliss-reactive ketones (excluding diaryl/α,β-unsaturated/α-hetero) is 1. The minimum atomic E-state index is -0.957. The quantitative estimate of drug-likeness (QED) is 0.0333. The van der Waals surface area contributed by atoms with E-state index in [1.54, 1.807) is 0 Å². The minimum Gasteiger partial charge on any atom is -0.355 e. The molecule has 20 nitrogen and oxygen atoms in total. The van der Waals surface area contributed by atoms with Crippen molar-refractivity contribution in [1.29, 1.82) is 0 Å². The van der Waals surface area contributed by atoms with Crippen molar-refractivity contribution >= 4 is 41.2 Å². The number of hydrogen-bond donors (Lipinski definition) is 13. The minimum absolute atomic E-state index is 0.244. The maximum Gasteiger partial charge on any atom is 0.243 e. The van der Waals surface area contributed by atoms with Gasteiger partial charge >= 0.3 is 0 Å². The Morgan fingerprint density at radius 3 is 1.02 bits per heavy atom. The van der Waals surface area contributed by atoms with Crippen molar-refractivity contribution in [1.82, 2.24) is 31.9 Å². The molecule has 6 amide bonds. The first-order chi connectivity index (χ1) is 30.6. The fourth-order valence-corrected chi connectivity index (χ4v) is 6.85. The van der Waals surface area contributed by atoms with E-state index < -0.39 is 60.0 Å². The fraction of sp³-hybridized carbons (Fsp3) is 0.841. The van der Waals surface area contributed by atoms with Crippen LogP contribution in [0.5, 0.6) is 0 Å². The molecule has 0 fully saturated rings. The van der Waals surface area contributed by atoms with E-state index in [0.29, 0.717) is 110 Å². The van der Waals surface area contributed by atoms with Crippen LogP contribution >= 0.6 is 0 Å². The number of ketones is 1. The van der Waals surface area contributed by atoms with E-state index in [4.69, 9.17) is 40.1 Å². The van der Waals surface area contributed by atoms with E-state index in [9.17, 15) is 33.6 Å². The van der Waals surface area contributed by atoms with E-state index in [1.165, 1.54) is 6.92 Å². The molecule has 20 N–H and O–H groups in total. The van der Waals surface area contributed by atoms with Crippen LogP contribution < -0.4 is 72.0 Å². The predicted molar refractivity (Wildman–Crippen MR) is 252 cm³/mol. The smallest absolute Gasteiger partial charge is 0.243 e. The lowest BCUT2D eigenvalue weighted by molar-refractivity contribution is -0.131. The van der Waals surface area contributed by atoms with Gasteiger partial charge in [0.15, 0.2) is 5.78 Å². The van der Waals surface area contributed by atoms with Gasteiger partial charge in [0.25, 0.3) is 0 Å². The van der Waals surface area contributed by atoms with Gasteiger partial charge in [-0.15, -0.1) is 0 Å². The summed E-state index contributed by atoms with van der Waals surface area (Å²) in [5.74, 6) is -2.56. The Balaban J connectivity index is 5.38. The lowest BCUT2D eigenvalue weighted by Gasteiger charge is -2.24. The Kier molecular flexibility index (Phi) is 36.2. The summed E-state index contributed by atoms with van der Waals surface area (Å²) in [6.07, 6.45) is 13.0. The van der Waals surface area contributed by atoms with E-state index in [0.717, 1.165) is 51.4 Å². The van der Waals surface area contributed by atoms with Crippen molar-refractivity contribution < 1.29 is 33.6 Å². The van der Waals surface area contributed by atoms with Gasteiger partial charge in [0, 0.05) is 19.6 Å². The first-order valence-electron chi connectivity index (χ1n) is 24.0. The summed E-state index contributed by atoms with van der Waals surface area (Å²) in [6.45, 7) is 5.94. The number of nitrogens with two attached hydrogens (primary N) is 7. The van der Waals surface area contributed by atoms with Crippen LogP contribution in [0.15, 0.2) is 0 Å². The number of rotatable bonds is 41. The van der Waals surface area contributed by atoms with E-state index in [2.05, 4.69) is 31.9 Å². The third-order valence-electron chi connectivity index (χ3n) is 11.1. The van der Waals surface area contributed by atoms with Crippen molar-refractivity contribution in [3.8, 4) is 0 Å². The molecule has 0 rings (SSSR count). The molecule has 372 valence electrons. The average molecular weight is 912 g/mol. The topological polar surface area (TPSA) is 374 Å². The van der Waals surface area contributed by atoms with Crippen LogP contribution in [0.1, 0.15) is 155 Å². The maximum absolute atomic E-state index is 13.6. The Morgan fingerprint density at radius 2 is 0.656 bits per heavy atom. The van der Waals surface area contributed by atoms with Gasteiger partial charge in [-0.2, -0.15) is 0 Å². The summed E-state index contributed by atoms with van der Waals surface area (Å²) in [6, 6.07) is -5.50. The molecule has 7 unspecified atom stereocenters. The molecule has 0 aliphatic carbocycles. The second kappa shape index (κ2) is 38.5. The third kappa shape index (κ3) is 29.6. The Labute approximate surface area is 382 Å². The van der Waals surface area contributed by atoms with Gasteiger partial charge in [-0.1, -0.05) is 45.4 Å². The molecule has 0 aromatic heterocycles. The monoisotopic (exact) mass is 912 g/mol. The van der Waals surface area contributed by atoms with Gasteiger partial charge in [0.05, 0.1) is 30.2 Å². The lowest BCUT2D eigenvalue weighted by atomic mass is 10.0. The molecule has 0 heterocycles. The summed E-state index contributed by atoms with van der Waals surface area (Å²) in [5.41, 5.74) is 40.8. The van der Waals surface area contributed by atoms with Crippen LogP contribution in [-0.4, -0.2) is 123 Å². The number of nitrogens with one attached hydrogen (secondary N) is 6. The second-order valence-corrected chi connectivity index (χ2v) is 16.9. The highest BCUT2D eigenvalue weighted by atomic mass is 16.2. The molecule has 0 radical (unpaired) electrons. The molecular weight excluding hydrogens is 823 g/mol. The molecule has 0 spiro atoms. The van der Waals surface area contributed by atoms with Crippen LogP contribution in [0.4, 0.5) is 0 Å². The molecular formula is C44H89N13O7. The summed E-state index contributed by atoms with van der Waals surface area (Å²) in [5, 5.41) is 16.9. The number of amides is 6. The standard InChI is InChI=1S/C44H89N13O7/c1-3-4-5-18-34(50)42(62)57-38(24-11-17-29-53-40(60)33(49)20-7-13-26-46)44(64)55-36(31(2)58)22-9-15-30-54-43(63)37(56-41(61)35(51)21-8-14-27-47)23-10-16-28-52-39(59)32(48)19-6-12-25-45/h32-38H,3-30,45-51H2,1-2H3,(H,52,59)(H,53,60)(H,54,63)(H,55,64)(H,56,61)(H,57,62). The van der Waals surface area contributed by atoms with Crippen LogP contribution in [0.3, 0.4) is 0 Å². The molecule has 0 aromatic rings. The molecule has 64 heavy (non-hydrogen) atoms. The normalized spacial score (nSPS) is 14.5. The highest BCUT2D eigenvalue weighted by Crippen LogP contribution is 2.10. The van der Waals surface area contributed by atoms with Crippen LogP contribution in [0.25, 0.3) is 0 Å². The van der Waals surface area contributed by atoms with Gasteiger partial charge in [-0.25, -0.2) is 0 Å². The van der Waals surface area contributed by atoms with E-state index in [1.807, 2.05) is 6.92 Å². The van der Waals surface area contributed by atoms with Gasteiger partial charge in [0.2, 0.25) is 35.4 Å². The second-order valence-electron chi connectivity index (χ2n) is 16.9. The fourth-order valence-electron chi connectivity index (χ4n) is 6.85. The zero-order valence-electron chi connectivity index (χ0n) is 39.2. The summed E-state index contributed by atoms with van der Waals surface area (Å²) >= 11 is 0. The van der Waals surface area contributed by atoms with Gasteiger partial charge in [0.1, 0.15) is 12.1 Å². The van der Waals surface area contributed by atoms with Gasteiger partial charge in [-0.3, -0.25) is 33.6 Å². The van der Waals surface area contributed by atoms with Gasteiger partial charge < -0.3 is 72.0 Å². The number of unbranched alkanes of at least 4 members (excludes halogenated alkanes) is 8. The first-order valence-corrected chi connectivity index (χ1v) is 24.0. The van der Waals surface area contributed by atoms with Crippen LogP contribution in [-0.2, 0) is 33.6 Å². The lowest BCUT2D eigenvalue weighted by Crippen LogP contribution is -2.54.